The molecule has 2 atom stereocenters. The van der Waals surface area contributed by atoms with Crippen molar-refractivity contribution in [3.63, 3.8) is 0 Å². The molecule has 2 rings (SSSR count). The summed E-state index contributed by atoms with van der Waals surface area (Å²) in [4.78, 5) is 2.62. The minimum atomic E-state index is 0.368. The summed E-state index contributed by atoms with van der Waals surface area (Å²) in [6.45, 7) is 4.18. The first-order valence-corrected chi connectivity index (χ1v) is 7.76. The average molecular weight is 311 g/mol. The predicted octanol–water partition coefficient (Wildman–Crippen LogP) is 3.71. The molecule has 2 N–H and O–H groups in total. The molecule has 1 aliphatic rings. The standard InChI is InChI=1S/C15H23BrN2/c1-2-14-8-3-4-9-18(14)15(11-17)12-6-5-7-13(16)10-12/h5-7,10,14-15H,2-4,8-9,11,17H2,1H3. The lowest BCUT2D eigenvalue weighted by molar-refractivity contribution is 0.0949. The second-order valence-electron chi connectivity index (χ2n) is 5.10. The number of nitrogens with zero attached hydrogens (tertiary/aromatic N) is 1. The summed E-state index contributed by atoms with van der Waals surface area (Å²) >= 11 is 3.56. The van der Waals surface area contributed by atoms with Gasteiger partial charge in [0.05, 0.1) is 0 Å². The van der Waals surface area contributed by atoms with Gasteiger partial charge < -0.3 is 5.73 Å². The Bertz CT molecular complexity index is 381. The molecule has 0 amide bonds. The van der Waals surface area contributed by atoms with E-state index in [0.717, 1.165) is 4.47 Å². The van der Waals surface area contributed by atoms with Crippen molar-refractivity contribution in [3.8, 4) is 0 Å². The number of benzene rings is 1. The molecule has 2 nitrogen and oxygen atoms in total. The molecule has 18 heavy (non-hydrogen) atoms. The Morgan fingerprint density at radius 3 is 2.94 bits per heavy atom. The third kappa shape index (κ3) is 3.14. The lowest BCUT2D eigenvalue weighted by atomic mass is 9.95. The molecule has 0 aliphatic carbocycles. The van der Waals surface area contributed by atoms with Crippen LogP contribution in [-0.4, -0.2) is 24.0 Å². The van der Waals surface area contributed by atoms with E-state index in [2.05, 4.69) is 52.0 Å². The van der Waals surface area contributed by atoms with Crippen molar-refractivity contribution in [2.45, 2.75) is 44.7 Å². The van der Waals surface area contributed by atoms with E-state index in [9.17, 15) is 0 Å². The predicted molar refractivity (Wildman–Crippen MR) is 80.6 cm³/mol. The van der Waals surface area contributed by atoms with Gasteiger partial charge in [-0.1, -0.05) is 41.4 Å². The highest BCUT2D eigenvalue weighted by molar-refractivity contribution is 9.10. The van der Waals surface area contributed by atoms with Crippen molar-refractivity contribution in [2.75, 3.05) is 13.1 Å². The minimum Gasteiger partial charge on any atom is -0.329 e. The molecule has 1 fully saturated rings. The van der Waals surface area contributed by atoms with E-state index in [4.69, 9.17) is 5.73 Å². The first kappa shape index (κ1) is 14.0. The molecule has 1 saturated heterocycles. The zero-order chi connectivity index (χ0) is 13.0. The van der Waals surface area contributed by atoms with Crippen LogP contribution in [0.15, 0.2) is 28.7 Å². The Balaban J connectivity index is 2.21. The quantitative estimate of drug-likeness (QED) is 0.918. The van der Waals surface area contributed by atoms with Gasteiger partial charge in [-0.15, -0.1) is 0 Å². The molecule has 0 saturated carbocycles. The first-order chi connectivity index (χ1) is 8.76. The first-order valence-electron chi connectivity index (χ1n) is 6.97. The summed E-state index contributed by atoms with van der Waals surface area (Å²) in [7, 11) is 0. The van der Waals surface area contributed by atoms with Crippen LogP contribution in [0, 0.1) is 0 Å². The second-order valence-corrected chi connectivity index (χ2v) is 6.02. The van der Waals surface area contributed by atoms with Crippen LogP contribution in [0.25, 0.3) is 0 Å². The van der Waals surface area contributed by atoms with Gasteiger partial charge in [-0.05, 0) is 43.5 Å². The number of hydrogen-bond acceptors (Lipinski definition) is 2. The maximum absolute atomic E-state index is 6.05. The van der Waals surface area contributed by atoms with Gasteiger partial charge in [-0.25, -0.2) is 0 Å². The van der Waals surface area contributed by atoms with Gasteiger partial charge >= 0.3 is 0 Å². The molecule has 3 heteroatoms. The molecule has 0 bridgehead atoms. The fourth-order valence-corrected chi connectivity index (χ4v) is 3.47. The Kier molecular flexibility index (Phi) is 5.22. The highest BCUT2D eigenvalue weighted by Gasteiger charge is 2.27. The van der Waals surface area contributed by atoms with Crippen molar-refractivity contribution < 1.29 is 0 Å². The summed E-state index contributed by atoms with van der Waals surface area (Å²) in [6, 6.07) is 9.65. The molecule has 1 heterocycles. The van der Waals surface area contributed by atoms with Crippen LogP contribution in [0.2, 0.25) is 0 Å². The third-order valence-corrected chi connectivity index (χ3v) is 4.49. The van der Waals surface area contributed by atoms with Crippen molar-refractivity contribution >= 4 is 15.9 Å². The number of hydrogen-bond donors (Lipinski definition) is 1. The number of nitrogens with two attached hydrogens (primary N) is 1. The van der Waals surface area contributed by atoms with Gasteiger partial charge in [0.2, 0.25) is 0 Å². The molecular formula is C15H23BrN2. The minimum absolute atomic E-state index is 0.368. The Labute approximate surface area is 119 Å². The van der Waals surface area contributed by atoms with Gasteiger partial charge in [0.25, 0.3) is 0 Å². The van der Waals surface area contributed by atoms with Crippen LogP contribution in [-0.2, 0) is 0 Å². The Hall–Kier alpha value is -0.380. The number of likely N-dealkylation sites (tertiary alicyclic amines) is 1. The van der Waals surface area contributed by atoms with Crippen molar-refractivity contribution in [1.29, 1.82) is 0 Å². The maximum atomic E-state index is 6.05. The number of rotatable bonds is 4. The highest BCUT2D eigenvalue weighted by atomic mass is 79.9. The summed E-state index contributed by atoms with van der Waals surface area (Å²) in [5, 5.41) is 0. The van der Waals surface area contributed by atoms with Crippen LogP contribution < -0.4 is 5.73 Å². The summed E-state index contributed by atoms with van der Waals surface area (Å²) in [6.07, 6.45) is 5.22. The Morgan fingerprint density at radius 1 is 1.44 bits per heavy atom. The van der Waals surface area contributed by atoms with E-state index >= 15 is 0 Å². The summed E-state index contributed by atoms with van der Waals surface area (Å²) in [5.41, 5.74) is 7.39. The van der Waals surface area contributed by atoms with E-state index in [-0.39, 0.29) is 0 Å². The molecule has 0 radical (unpaired) electrons. The second kappa shape index (κ2) is 6.69. The van der Waals surface area contributed by atoms with Crippen LogP contribution in [0.1, 0.15) is 44.2 Å². The molecule has 0 aromatic heterocycles. The number of halogens is 1. The average Bonchev–Trinajstić information content (AvgIpc) is 2.40. The van der Waals surface area contributed by atoms with Crippen LogP contribution in [0.5, 0.6) is 0 Å². The van der Waals surface area contributed by atoms with Crippen molar-refractivity contribution in [2.24, 2.45) is 5.73 Å². The lowest BCUT2D eigenvalue weighted by Crippen LogP contribution is -2.44. The van der Waals surface area contributed by atoms with Gasteiger partial charge in [-0.3, -0.25) is 4.90 Å². The molecule has 0 spiro atoms. The van der Waals surface area contributed by atoms with E-state index in [1.807, 2.05) is 0 Å². The maximum Gasteiger partial charge on any atom is 0.0473 e. The molecule has 1 aromatic rings. The third-order valence-electron chi connectivity index (χ3n) is 4.00. The zero-order valence-electron chi connectivity index (χ0n) is 11.1. The molecule has 1 aromatic carbocycles. The van der Waals surface area contributed by atoms with Gasteiger partial charge in [0.15, 0.2) is 0 Å². The largest absolute Gasteiger partial charge is 0.329 e. The molecular weight excluding hydrogens is 288 g/mol. The van der Waals surface area contributed by atoms with Gasteiger partial charge in [0.1, 0.15) is 0 Å². The fraction of sp³-hybridized carbons (Fsp3) is 0.600. The van der Waals surface area contributed by atoms with Crippen molar-refractivity contribution in [1.82, 2.24) is 4.90 Å². The molecule has 100 valence electrons. The van der Waals surface area contributed by atoms with Crippen LogP contribution >= 0.6 is 15.9 Å². The lowest BCUT2D eigenvalue weighted by Gasteiger charge is -2.41. The van der Waals surface area contributed by atoms with E-state index in [0.29, 0.717) is 18.6 Å². The number of piperidine rings is 1. The van der Waals surface area contributed by atoms with Crippen LogP contribution in [0.4, 0.5) is 0 Å². The summed E-state index contributed by atoms with van der Waals surface area (Å²) < 4.78 is 1.14. The van der Waals surface area contributed by atoms with Gasteiger partial charge in [0, 0.05) is 23.1 Å². The Morgan fingerprint density at radius 2 is 2.28 bits per heavy atom. The normalized spacial score (nSPS) is 22.9. The van der Waals surface area contributed by atoms with Crippen molar-refractivity contribution in [3.05, 3.63) is 34.3 Å². The topological polar surface area (TPSA) is 29.3 Å². The van der Waals surface area contributed by atoms with Gasteiger partial charge in [-0.2, -0.15) is 0 Å². The molecule has 2 unspecified atom stereocenters. The zero-order valence-corrected chi connectivity index (χ0v) is 12.7. The van der Waals surface area contributed by atoms with Crippen LogP contribution in [0.3, 0.4) is 0 Å². The van der Waals surface area contributed by atoms with E-state index in [1.165, 1.54) is 37.8 Å². The van der Waals surface area contributed by atoms with E-state index in [1.54, 1.807) is 0 Å². The highest BCUT2D eigenvalue weighted by Crippen LogP contribution is 2.30. The monoisotopic (exact) mass is 310 g/mol. The SMILES string of the molecule is CCC1CCCCN1C(CN)c1cccc(Br)c1. The smallest absolute Gasteiger partial charge is 0.0473 e. The molecule has 1 aliphatic heterocycles. The summed E-state index contributed by atoms with van der Waals surface area (Å²) in [5.74, 6) is 0. The van der Waals surface area contributed by atoms with E-state index < -0.39 is 0 Å². The fourth-order valence-electron chi connectivity index (χ4n) is 3.05.